The van der Waals surface area contributed by atoms with Crippen molar-refractivity contribution >= 4 is 5.97 Å². The summed E-state index contributed by atoms with van der Waals surface area (Å²) in [4.78, 5) is 10.9. The fourth-order valence-corrected chi connectivity index (χ4v) is 2.20. The number of carbonyl (C=O) groups is 1. The first kappa shape index (κ1) is 17.8. The number of aliphatic carboxylic acids is 1. The maximum absolute atomic E-state index is 12.9. The van der Waals surface area contributed by atoms with E-state index in [-0.39, 0.29) is 16.7 Å². The van der Waals surface area contributed by atoms with Gasteiger partial charge in [-0.2, -0.15) is 26.3 Å². The summed E-state index contributed by atoms with van der Waals surface area (Å²) >= 11 is 0. The SMILES string of the molecule is O=C(O)Cc1ccc(C(F)(F)F)cc1-c1cccc(C(F)(F)F)c1. The van der Waals surface area contributed by atoms with Crippen molar-refractivity contribution in [1.29, 1.82) is 0 Å². The van der Waals surface area contributed by atoms with Gasteiger partial charge >= 0.3 is 18.3 Å². The summed E-state index contributed by atoms with van der Waals surface area (Å²) in [5.41, 5.74) is -2.43. The summed E-state index contributed by atoms with van der Waals surface area (Å²) in [5, 5.41) is 8.85. The molecular formula is C16H10F6O2. The summed E-state index contributed by atoms with van der Waals surface area (Å²) in [6, 6.07) is 6.07. The van der Waals surface area contributed by atoms with E-state index in [0.717, 1.165) is 18.2 Å². The molecule has 0 spiro atoms. The van der Waals surface area contributed by atoms with Crippen molar-refractivity contribution < 1.29 is 36.2 Å². The normalized spacial score (nSPS) is 12.2. The summed E-state index contributed by atoms with van der Waals surface area (Å²) in [7, 11) is 0. The molecular weight excluding hydrogens is 338 g/mol. The van der Waals surface area contributed by atoms with E-state index in [1.54, 1.807) is 0 Å². The van der Waals surface area contributed by atoms with Crippen molar-refractivity contribution in [2.24, 2.45) is 0 Å². The second-order valence-electron chi connectivity index (χ2n) is 5.02. The molecule has 0 aliphatic heterocycles. The molecule has 8 heteroatoms. The van der Waals surface area contributed by atoms with Crippen molar-refractivity contribution in [1.82, 2.24) is 0 Å². The van der Waals surface area contributed by atoms with Crippen LogP contribution in [0.25, 0.3) is 11.1 Å². The molecule has 0 aromatic heterocycles. The molecule has 0 aliphatic rings. The van der Waals surface area contributed by atoms with Crippen LogP contribution in [0.15, 0.2) is 42.5 Å². The molecule has 24 heavy (non-hydrogen) atoms. The third-order valence-electron chi connectivity index (χ3n) is 3.28. The van der Waals surface area contributed by atoms with Crippen LogP contribution in [0, 0.1) is 0 Å². The summed E-state index contributed by atoms with van der Waals surface area (Å²) in [5.74, 6) is -1.30. The summed E-state index contributed by atoms with van der Waals surface area (Å²) in [6.07, 6.45) is -9.97. The van der Waals surface area contributed by atoms with E-state index in [0.29, 0.717) is 18.2 Å². The summed E-state index contributed by atoms with van der Waals surface area (Å²) < 4.78 is 76.9. The maximum Gasteiger partial charge on any atom is 0.416 e. The highest BCUT2D eigenvalue weighted by molar-refractivity contribution is 5.77. The van der Waals surface area contributed by atoms with Crippen LogP contribution in [0.2, 0.25) is 0 Å². The molecule has 2 rings (SSSR count). The molecule has 2 aromatic carbocycles. The Bertz CT molecular complexity index is 762. The largest absolute Gasteiger partial charge is 0.481 e. The van der Waals surface area contributed by atoms with Gasteiger partial charge in [0, 0.05) is 0 Å². The Labute approximate surface area is 132 Å². The van der Waals surface area contributed by atoms with Gasteiger partial charge in [-0.1, -0.05) is 18.2 Å². The second-order valence-corrected chi connectivity index (χ2v) is 5.02. The number of rotatable bonds is 3. The van der Waals surface area contributed by atoms with Crippen LogP contribution >= 0.6 is 0 Å². The number of hydrogen-bond acceptors (Lipinski definition) is 1. The molecule has 0 saturated carbocycles. The highest BCUT2D eigenvalue weighted by Crippen LogP contribution is 2.36. The molecule has 0 atom stereocenters. The van der Waals surface area contributed by atoms with Crippen molar-refractivity contribution in [3.8, 4) is 11.1 Å². The molecule has 0 heterocycles. The van der Waals surface area contributed by atoms with Crippen LogP contribution in [0.1, 0.15) is 16.7 Å². The lowest BCUT2D eigenvalue weighted by Gasteiger charge is -2.14. The summed E-state index contributed by atoms with van der Waals surface area (Å²) in [6.45, 7) is 0. The Morgan fingerprint density at radius 2 is 1.46 bits per heavy atom. The quantitative estimate of drug-likeness (QED) is 0.791. The maximum atomic E-state index is 12.9. The molecule has 1 N–H and O–H groups in total. The van der Waals surface area contributed by atoms with Crippen molar-refractivity contribution in [3.63, 3.8) is 0 Å². The monoisotopic (exact) mass is 348 g/mol. The van der Waals surface area contributed by atoms with Gasteiger partial charge in [0.05, 0.1) is 17.5 Å². The van der Waals surface area contributed by atoms with Gasteiger partial charge in [0.2, 0.25) is 0 Å². The molecule has 0 fully saturated rings. The van der Waals surface area contributed by atoms with Gasteiger partial charge in [-0.3, -0.25) is 4.79 Å². The first-order valence-corrected chi connectivity index (χ1v) is 6.58. The Kier molecular flexibility index (Phi) is 4.59. The van der Waals surface area contributed by atoms with Gasteiger partial charge in [-0.05, 0) is 41.0 Å². The zero-order valence-electron chi connectivity index (χ0n) is 11.9. The molecule has 0 amide bonds. The minimum absolute atomic E-state index is 0.00479. The molecule has 128 valence electrons. The Balaban J connectivity index is 2.64. The van der Waals surface area contributed by atoms with E-state index in [2.05, 4.69) is 0 Å². The van der Waals surface area contributed by atoms with E-state index in [1.165, 1.54) is 6.07 Å². The van der Waals surface area contributed by atoms with Crippen LogP contribution in [0.4, 0.5) is 26.3 Å². The predicted molar refractivity (Wildman–Crippen MR) is 73.2 cm³/mol. The Morgan fingerprint density at radius 3 is 2.00 bits per heavy atom. The van der Waals surface area contributed by atoms with Crippen molar-refractivity contribution in [2.75, 3.05) is 0 Å². The van der Waals surface area contributed by atoms with E-state index in [9.17, 15) is 31.1 Å². The molecule has 2 nitrogen and oxygen atoms in total. The first-order valence-electron chi connectivity index (χ1n) is 6.58. The molecule has 2 aromatic rings. The number of hydrogen-bond donors (Lipinski definition) is 1. The van der Waals surface area contributed by atoms with Gasteiger partial charge in [-0.15, -0.1) is 0 Å². The van der Waals surface area contributed by atoms with Gasteiger partial charge in [0.25, 0.3) is 0 Å². The number of alkyl halides is 6. The lowest BCUT2D eigenvalue weighted by molar-refractivity contribution is -0.138. The molecule has 0 radical (unpaired) electrons. The third-order valence-corrected chi connectivity index (χ3v) is 3.28. The minimum Gasteiger partial charge on any atom is -0.481 e. The first-order chi connectivity index (χ1) is 11.0. The number of benzene rings is 2. The van der Waals surface area contributed by atoms with Gasteiger partial charge in [0.1, 0.15) is 0 Å². The fraction of sp³-hybridized carbons (Fsp3) is 0.188. The average molecular weight is 348 g/mol. The third kappa shape index (κ3) is 4.06. The van der Waals surface area contributed by atoms with Gasteiger partial charge < -0.3 is 5.11 Å². The Hall–Kier alpha value is -2.51. The van der Waals surface area contributed by atoms with Crippen LogP contribution in [-0.4, -0.2) is 11.1 Å². The fourth-order valence-electron chi connectivity index (χ4n) is 2.20. The predicted octanol–water partition coefficient (Wildman–Crippen LogP) is 5.02. The van der Waals surface area contributed by atoms with Crippen LogP contribution < -0.4 is 0 Å². The number of carboxylic acid groups (broad SMARTS) is 1. The van der Waals surface area contributed by atoms with E-state index >= 15 is 0 Å². The Morgan fingerprint density at radius 1 is 0.875 bits per heavy atom. The van der Waals surface area contributed by atoms with Gasteiger partial charge in [0.15, 0.2) is 0 Å². The molecule has 0 aliphatic carbocycles. The van der Waals surface area contributed by atoms with Crippen molar-refractivity contribution in [2.45, 2.75) is 18.8 Å². The van der Waals surface area contributed by atoms with Crippen molar-refractivity contribution in [3.05, 3.63) is 59.2 Å². The van der Waals surface area contributed by atoms with E-state index < -0.39 is 35.9 Å². The highest BCUT2D eigenvalue weighted by Gasteiger charge is 2.32. The number of carboxylic acids is 1. The molecule has 0 bridgehead atoms. The smallest absolute Gasteiger partial charge is 0.416 e. The van der Waals surface area contributed by atoms with Crippen LogP contribution in [0.5, 0.6) is 0 Å². The number of halogens is 6. The zero-order chi connectivity index (χ0) is 18.1. The average Bonchev–Trinajstić information content (AvgIpc) is 2.45. The lowest BCUT2D eigenvalue weighted by atomic mass is 9.94. The lowest BCUT2D eigenvalue weighted by Crippen LogP contribution is -2.08. The molecule has 0 saturated heterocycles. The van der Waals surface area contributed by atoms with E-state index in [4.69, 9.17) is 5.11 Å². The van der Waals surface area contributed by atoms with E-state index in [1.807, 2.05) is 0 Å². The minimum atomic E-state index is -4.70. The topological polar surface area (TPSA) is 37.3 Å². The van der Waals surface area contributed by atoms with Crippen LogP contribution in [0.3, 0.4) is 0 Å². The second kappa shape index (κ2) is 6.18. The van der Waals surface area contributed by atoms with Crippen LogP contribution in [-0.2, 0) is 23.6 Å². The van der Waals surface area contributed by atoms with Gasteiger partial charge in [-0.25, -0.2) is 0 Å². The highest BCUT2D eigenvalue weighted by atomic mass is 19.4. The standard InChI is InChI=1S/C16H10F6O2/c17-15(18,19)11-3-1-2-9(6-11)13-8-12(16(20,21)22)5-4-10(13)7-14(23)24/h1-6,8H,7H2,(H,23,24). The zero-order valence-corrected chi connectivity index (χ0v) is 11.9. The molecule has 0 unspecified atom stereocenters.